The van der Waals surface area contributed by atoms with Crippen molar-refractivity contribution in [2.24, 2.45) is 11.8 Å². The molecule has 0 spiro atoms. The molecule has 3 rings (SSSR count). The van der Waals surface area contributed by atoms with Gasteiger partial charge in [0.25, 0.3) is 0 Å². The van der Waals surface area contributed by atoms with Gasteiger partial charge in [0.2, 0.25) is 11.8 Å². The molecule has 1 N–H and O–H groups in total. The number of hydrogen-bond donors (Lipinski definition) is 1. The van der Waals surface area contributed by atoms with Gasteiger partial charge in [-0.05, 0) is 42.9 Å². The van der Waals surface area contributed by atoms with E-state index in [0.29, 0.717) is 12.5 Å². The third-order valence-electron chi connectivity index (χ3n) is 6.38. The Hall–Kier alpha value is -1.95. The molecule has 0 radical (unpaired) electrons. The smallest absolute Gasteiger partial charge is 0.237 e. The summed E-state index contributed by atoms with van der Waals surface area (Å²) in [6.45, 7) is 7.62. The maximum absolute atomic E-state index is 13.1. The summed E-state index contributed by atoms with van der Waals surface area (Å²) in [5.74, 6) is 0.891. The first-order valence-electron chi connectivity index (χ1n) is 10.8. The highest BCUT2D eigenvalue weighted by Crippen LogP contribution is 2.31. The number of carbonyl (C=O) groups is 2. The summed E-state index contributed by atoms with van der Waals surface area (Å²) in [7, 11) is 0. The zero-order chi connectivity index (χ0) is 19.9. The van der Waals surface area contributed by atoms with Crippen molar-refractivity contribution < 1.29 is 9.59 Å². The lowest BCUT2D eigenvalue weighted by molar-refractivity contribution is -0.138. The predicted octanol–water partition coefficient (Wildman–Crippen LogP) is 2.45. The molecule has 2 atom stereocenters. The van der Waals surface area contributed by atoms with Crippen LogP contribution >= 0.6 is 0 Å². The quantitative estimate of drug-likeness (QED) is 0.782. The molecule has 2 amide bonds. The molecule has 2 fully saturated rings. The summed E-state index contributed by atoms with van der Waals surface area (Å²) in [6.07, 6.45) is 9.06. The minimum Gasteiger partial charge on any atom is -0.351 e. The van der Waals surface area contributed by atoms with E-state index in [1.165, 1.54) is 12.8 Å². The van der Waals surface area contributed by atoms with Gasteiger partial charge in [-0.3, -0.25) is 19.5 Å². The van der Waals surface area contributed by atoms with Crippen LogP contribution in [-0.2, 0) is 16.1 Å². The summed E-state index contributed by atoms with van der Waals surface area (Å²) < 4.78 is 0. The average Bonchev–Trinajstić information content (AvgIpc) is 3.27. The molecule has 6 nitrogen and oxygen atoms in total. The van der Waals surface area contributed by atoms with Crippen LogP contribution in [0.4, 0.5) is 0 Å². The molecule has 154 valence electrons. The monoisotopic (exact) mass is 386 g/mol. The molecule has 1 saturated heterocycles. The second kappa shape index (κ2) is 10.0. The third kappa shape index (κ3) is 5.10. The molecule has 1 aromatic heterocycles. The zero-order valence-electron chi connectivity index (χ0n) is 17.3. The second-order valence-electron chi connectivity index (χ2n) is 8.23. The van der Waals surface area contributed by atoms with E-state index >= 15 is 0 Å². The van der Waals surface area contributed by atoms with Crippen LogP contribution in [0.2, 0.25) is 0 Å². The van der Waals surface area contributed by atoms with Crippen LogP contribution in [0.5, 0.6) is 0 Å². The van der Waals surface area contributed by atoms with Crippen molar-refractivity contribution in [1.82, 2.24) is 20.1 Å². The van der Waals surface area contributed by atoms with E-state index in [9.17, 15) is 9.59 Å². The Morgan fingerprint density at radius 3 is 2.39 bits per heavy atom. The van der Waals surface area contributed by atoms with Gasteiger partial charge in [0.1, 0.15) is 0 Å². The second-order valence-corrected chi connectivity index (χ2v) is 8.23. The number of aromatic nitrogens is 1. The van der Waals surface area contributed by atoms with E-state index in [0.717, 1.165) is 51.0 Å². The predicted molar refractivity (Wildman–Crippen MR) is 109 cm³/mol. The summed E-state index contributed by atoms with van der Waals surface area (Å²) in [5, 5.41) is 3.15. The van der Waals surface area contributed by atoms with Gasteiger partial charge in [0.05, 0.1) is 6.04 Å². The van der Waals surface area contributed by atoms with Gasteiger partial charge in [-0.25, -0.2) is 0 Å². The molecule has 1 aliphatic carbocycles. The topological polar surface area (TPSA) is 65.5 Å². The van der Waals surface area contributed by atoms with Crippen molar-refractivity contribution in [1.29, 1.82) is 0 Å². The first-order chi connectivity index (χ1) is 13.6. The Balaban J connectivity index is 1.60. The summed E-state index contributed by atoms with van der Waals surface area (Å²) in [4.78, 5) is 33.9. The Kier molecular flexibility index (Phi) is 7.43. The fourth-order valence-electron chi connectivity index (χ4n) is 4.45. The molecule has 28 heavy (non-hydrogen) atoms. The van der Waals surface area contributed by atoms with Crippen molar-refractivity contribution in [2.45, 2.75) is 58.5 Å². The number of nitrogens with zero attached hydrogens (tertiary/aromatic N) is 3. The molecule has 2 aliphatic rings. The molecular formula is C22H34N4O2. The van der Waals surface area contributed by atoms with E-state index in [4.69, 9.17) is 0 Å². The lowest BCUT2D eigenvalue weighted by atomic mass is 9.94. The Morgan fingerprint density at radius 2 is 1.79 bits per heavy atom. The molecule has 1 aromatic rings. The maximum Gasteiger partial charge on any atom is 0.237 e. The van der Waals surface area contributed by atoms with Crippen molar-refractivity contribution in [3.8, 4) is 0 Å². The van der Waals surface area contributed by atoms with Crippen LogP contribution in [-0.4, -0.2) is 58.8 Å². The largest absolute Gasteiger partial charge is 0.351 e. The van der Waals surface area contributed by atoms with E-state index in [2.05, 4.69) is 22.1 Å². The van der Waals surface area contributed by atoms with E-state index in [1.54, 1.807) is 12.4 Å². The molecule has 2 unspecified atom stereocenters. The Bertz CT molecular complexity index is 637. The van der Waals surface area contributed by atoms with Gasteiger partial charge in [0, 0.05) is 51.0 Å². The van der Waals surface area contributed by atoms with E-state index in [-0.39, 0.29) is 23.8 Å². The molecule has 1 aliphatic heterocycles. The summed E-state index contributed by atoms with van der Waals surface area (Å²) >= 11 is 0. The highest BCUT2D eigenvalue weighted by molar-refractivity contribution is 5.82. The SMILES string of the molecule is CCC(C)C(=O)N1CCN(C(C(=O)NCc2ccncc2)C2CCCC2)CC1. The summed E-state index contributed by atoms with van der Waals surface area (Å²) in [6, 6.07) is 3.79. The van der Waals surface area contributed by atoms with Crippen LogP contribution < -0.4 is 5.32 Å². The summed E-state index contributed by atoms with van der Waals surface area (Å²) in [5.41, 5.74) is 1.07. The zero-order valence-corrected chi connectivity index (χ0v) is 17.3. The van der Waals surface area contributed by atoms with Crippen LogP contribution in [0.1, 0.15) is 51.5 Å². The van der Waals surface area contributed by atoms with Crippen molar-refractivity contribution in [2.75, 3.05) is 26.2 Å². The average molecular weight is 387 g/mol. The highest BCUT2D eigenvalue weighted by atomic mass is 16.2. The van der Waals surface area contributed by atoms with Gasteiger partial charge >= 0.3 is 0 Å². The van der Waals surface area contributed by atoms with Crippen molar-refractivity contribution >= 4 is 11.8 Å². The first kappa shape index (κ1) is 20.8. The van der Waals surface area contributed by atoms with Crippen LogP contribution in [0.15, 0.2) is 24.5 Å². The van der Waals surface area contributed by atoms with E-state index < -0.39 is 0 Å². The van der Waals surface area contributed by atoms with Crippen molar-refractivity contribution in [3.63, 3.8) is 0 Å². The number of piperazine rings is 1. The number of nitrogens with one attached hydrogen (secondary N) is 1. The van der Waals surface area contributed by atoms with Crippen LogP contribution in [0.25, 0.3) is 0 Å². The van der Waals surface area contributed by atoms with E-state index in [1.807, 2.05) is 24.0 Å². The molecule has 2 heterocycles. The highest BCUT2D eigenvalue weighted by Gasteiger charge is 2.37. The van der Waals surface area contributed by atoms with Gasteiger partial charge in [-0.15, -0.1) is 0 Å². The normalized spacial score (nSPS) is 20.7. The van der Waals surface area contributed by atoms with Crippen molar-refractivity contribution in [3.05, 3.63) is 30.1 Å². The Morgan fingerprint density at radius 1 is 1.14 bits per heavy atom. The molecule has 6 heteroatoms. The lowest BCUT2D eigenvalue weighted by Gasteiger charge is -2.41. The number of rotatable bonds is 7. The maximum atomic E-state index is 13.1. The number of pyridine rings is 1. The number of carbonyl (C=O) groups excluding carboxylic acids is 2. The number of hydrogen-bond acceptors (Lipinski definition) is 4. The van der Waals surface area contributed by atoms with Gasteiger partial charge in [0.15, 0.2) is 0 Å². The van der Waals surface area contributed by atoms with Gasteiger partial charge in [-0.1, -0.05) is 26.7 Å². The Labute approximate surface area is 168 Å². The van der Waals surface area contributed by atoms with Crippen LogP contribution in [0, 0.1) is 11.8 Å². The minimum absolute atomic E-state index is 0.0785. The van der Waals surface area contributed by atoms with Gasteiger partial charge in [-0.2, -0.15) is 0 Å². The molecule has 1 saturated carbocycles. The minimum atomic E-state index is -0.0785. The van der Waals surface area contributed by atoms with Gasteiger partial charge < -0.3 is 10.2 Å². The molecule has 0 aromatic carbocycles. The fourth-order valence-corrected chi connectivity index (χ4v) is 4.45. The third-order valence-corrected chi connectivity index (χ3v) is 6.38. The fraction of sp³-hybridized carbons (Fsp3) is 0.682. The standard InChI is InChI=1S/C22H34N4O2/c1-3-17(2)22(28)26-14-12-25(13-15-26)20(19-6-4-5-7-19)21(27)24-16-18-8-10-23-11-9-18/h8-11,17,19-20H,3-7,12-16H2,1-2H3,(H,24,27). The van der Waals surface area contributed by atoms with Crippen LogP contribution in [0.3, 0.4) is 0 Å². The molecular weight excluding hydrogens is 352 g/mol. The first-order valence-corrected chi connectivity index (χ1v) is 10.8. The number of amides is 2. The lowest BCUT2D eigenvalue weighted by Crippen LogP contribution is -2.58. The molecule has 0 bridgehead atoms.